The maximum atomic E-state index is 10.0. The number of hydrogen-bond acceptors (Lipinski definition) is 4. The minimum atomic E-state index is -0.331. The second-order valence-electron chi connectivity index (χ2n) is 8.16. The van der Waals surface area contributed by atoms with Gasteiger partial charge in [0.2, 0.25) is 0 Å². The van der Waals surface area contributed by atoms with E-state index in [1.54, 1.807) is 31.4 Å². The molecule has 0 aliphatic carbocycles. The molecule has 1 heterocycles. The molecule has 4 aromatic rings. The lowest BCUT2D eigenvalue weighted by Crippen LogP contribution is -2.09. The van der Waals surface area contributed by atoms with E-state index in [9.17, 15) is 10.2 Å². The predicted octanol–water partition coefficient (Wildman–Crippen LogP) is 7.06. The number of fused-ring (bicyclic) bond motifs is 1. The van der Waals surface area contributed by atoms with Crippen molar-refractivity contribution >= 4 is 16.5 Å². The van der Waals surface area contributed by atoms with Crippen LogP contribution in [0.25, 0.3) is 21.9 Å². The SMILES string of the molecule is COC(c1ccc(N2C=CC=CC=C2)cc1)c1c(-c2ccc(O)cc2)ccc2cc(O)ccc12. The van der Waals surface area contributed by atoms with E-state index in [0.29, 0.717) is 0 Å². The van der Waals surface area contributed by atoms with Crippen molar-refractivity contribution in [1.29, 1.82) is 0 Å². The zero-order chi connectivity index (χ0) is 23.5. The number of ether oxygens (including phenoxy) is 1. The summed E-state index contributed by atoms with van der Waals surface area (Å²) in [5.74, 6) is 0.448. The molecule has 0 spiro atoms. The van der Waals surface area contributed by atoms with Crippen LogP contribution in [0.15, 0.2) is 116 Å². The summed E-state index contributed by atoms with van der Waals surface area (Å²) in [5.41, 5.74) is 5.08. The minimum absolute atomic E-state index is 0.224. The zero-order valence-corrected chi connectivity index (χ0v) is 18.8. The molecule has 0 saturated heterocycles. The Hall–Kier alpha value is -4.28. The molecule has 5 rings (SSSR count). The Morgan fingerprint density at radius 2 is 1.38 bits per heavy atom. The molecule has 0 bridgehead atoms. The Bertz CT molecular complexity index is 1380. The Morgan fingerprint density at radius 1 is 0.706 bits per heavy atom. The molecular weight excluding hydrogens is 422 g/mol. The molecule has 4 heteroatoms. The highest BCUT2D eigenvalue weighted by molar-refractivity contribution is 5.93. The zero-order valence-electron chi connectivity index (χ0n) is 18.8. The molecule has 0 aromatic heterocycles. The standard InChI is InChI=1S/C30H25NO3/c1-34-30(22-6-11-24(12-7-22)31-18-4-2-3-5-19-31)29-27(21-8-13-25(32)14-9-21)16-10-23-20-26(33)15-17-28(23)29/h2-20,30,32-33H,1H3. The van der Waals surface area contributed by atoms with Crippen molar-refractivity contribution in [3.05, 3.63) is 127 Å². The lowest BCUT2D eigenvalue weighted by Gasteiger charge is -2.23. The Kier molecular flexibility index (Phi) is 5.90. The van der Waals surface area contributed by atoms with Crippen LogP contribution in [0.3, 0.4) is 0 Å². The molecular formula is C30H25NO3. The van der Waals surface area contributed by atoms with Crippen LogP contribution in [0.5, 0.6) is 11.5 Å². The number of phenols is 2. The smallest absolute Gasteiger partial charge is 0.116 e. The molecule has 0 amide bonds. The summed E-state index contributed by atoms with van der Waals surface area (Å²) in [6.45, 7) is 0. The molecule has 1 atom stereocenters. The first-order chi connectivity index (χ1) is 16.6. The molecule has 1 aliphatic rings. The highest BCUT2D eigenvalue weighted by Gasteiger charge is 2.21. The van der Waals surface area contributed by atoms with E-state index in [0.717, 1.165) is 38.7 Å². The summed E-state index contributed by atoms with van der Waals surface area (Å²) in [6.07, 6.45) is 11.7. The lowest BCUT2D eigenvalue weighted by atomic mass is 9.88. The summed E-state index contributed by atoms with van der Waals surface area (Å²) >= 11 is 0. The Labute approximate surface area is 199 Å². The van der Waals surface area contributed by atoms with Crippen molar-refractivity contribution < 1.29 is 14.9 Å². The van der Waals surface area contributed by atoms with Gasteiger partial charge in [-0.05, 0) is 76.0 Å². The topological polar surface area (TPSA) is 52.9 Å². The van der Waals surface area contributed by atoms with E-state index in [1.165, 1.54) is 0 Å². The van der Waals surface area contributed by atoms with E-state index in [2.05, 4.69) is 29.2 Å². The van der Waals surface area contributed by atoms with Crippen LogP contribution in [-0.4, -0.2) is 17.3 Å². The van der Waals surface area contributed by atoms with Crippen LogP contribution in [0.2, 0.25) is 0 Å². The van der Waals surface area contributed by atoms with Gasteiger partial charge in [-0.15, -0.1) is 0 Å². The maximum absolute atomic E-state index is 10.0. The van der Waals surface area contributed by atoms with Crippen LogP contribution in [-0.2, 0) is 4.74 Å². The number of anilines is 1. The van der Waals surface area contributed by atoms with Crippen LogP contribution in [0.4, 0.5) is 5.69 Å². The number of methoxy groups -OCH3 is 1. The van der Waals surface area contributed by atoms with Gasteiger partial charge in [0.15, 0.2) is 0 Å². The van der Waals surface area contributed by atoms with Gasteiger partial charge in [0, 0.05) is 30.8 Å². The van der Waals surface area contributed by atoms with Gasteiger partial charge in [-0.25, -0.2) is 0 Å². The molecule has 1 aliphatic heterocycles. The van der Waals surface area contributed by atoms with E-state index in [4.69, 9.17) is 4.74 Å². The average molecular weight is 448 g/mol. The number of benzene rings is 4. The molecule has 34 heavy (non-hydrogen) atoms. The van der Waals surface area contributed by atoms with Gasteiger partial charge in [0.25, 0.3) is 0 Å². The predicted molar refractivity (Wildman–Crippen MR) is 138 cm³/mol. The van der Waals surface area contributed by atoms with Gasteiger partial charge in [-0.1, -0.05) is 54.6 Å². The lowest BCUT2D eigenvalue weighted by molar-refractivity contribution is 0.138. The normalized spacial score (nSPS) is 13.9. The second kappa shape index (κ2) is 9.30. The number of nitrogens with zero attached hydrogens (tertiary/aromatic N) is 1. The number of hydrogen-bond donors (Lipinski definition) is 2. The first-order valence-corrected chi connectivity index (χ1v) is 11.1. The largest absolute Gasteiger partial charge is 0.508 e. The molecule has 0 fully saturated rings. The van der Waals surface area contributed by atoms with E-state index in [-0.39, 0.29) is 17.6 Å². The number of phenolic OH excluding ortho intramolecular Hbond substituents is 2. The second-order valence-corrected chi connectivity index (χ2v) is 8.16. The molecule has 4 aromatic carbocycles. The van der Waals surface area contributed by atoms with Crippen LogP contribution in [0, 0.1) is 0 Å². The molecule has 4 nitrogen and oxygen atoms in total. The highest BCUT2D eigenvalue weighted by atomic mass is 16.5. The molecule has 1 unspecified atom stereocenters. The van der Waals surface area contributed by atoms with Crippen molar-refractivity contribution in [2.45, 2.75) is 6.10 Å². The van der Waals surface area contributed by atoms with Crippen molar-refractivity contribution in [3.63, 3.8) is 0 Å². The third-order valence-electron chi connectivity index (χ3n) is 6.04. The van der Waals surface area contributed by atoms with Crippen molar-refractivity contribution in [2.24, 2.45) is 0 Å². The Morgan fingerprint density at radius 3 is 2.06 bits per heavy atom. The molecule has 168 valence electrons. The summed E-state index contributed by atoms with van der Waals surface area (Å²) in [4.78, 5) is 2.06. The van der Waals surface area contributed by atoms with Crippen molar-refractivity contribution in [3.8, 4) is 22.6 Å². The van der Waals surface area contributed by atoms with E-state index >= 15 is 0 Å². The third-order valence-corrected chi connectivity index (χ3v) is 6.04. The molecule has 0 radical (unpaired) electrons. The average Bonchev–Trinajstić information content (AvgIpc) is 3.15. The summed E-state index contributed by atoms with van der Waals surface area (Å²) in [7, 11) is 1.71. The van der Waals surface area contributed by atoms with Crippen LogP contribution in [0.1, 0.15) is 17.2 Å². The van der Waals surface area contributed by atoms with Crippen molar-refractivity contribution in [2.75, 3.05) is 12.0 Å². The fourth-order valence-corrected chi connectivity index (χ4v) is 4.39. The van der Waals surface area contributed by atoms with E-state index in [1.807, 2.05) is 67.0 Å². The van der Waals surface area contributed by atoms with Gasteiger partial charge in [0.05, 0.1) is 0 Å². The fraction of sp³-hybridized carbons (Fsp3) is 0.0667. The summed E-state index contributed by atoms with van der Waals surface area (Å²) in [6, 6.07) is 25.0. The first-order valence-electron chi connectivity index (χ1n) is 11.1. The molecule has 0 saturated carbocycles. The quantitative estimate of drug-likeness (QED) is 0.344. The number of rotatable bonds is 5. The highest BCUT2D eigenvalue weighted by Crippen LogP contribution is 2.40. The molecule has 2 N–H and O–H groups in total. The van der Waals surface area contributed by atoms with Gasteiger partial charge in [0.1, 0.15) is 17.6 Å². The van der Waals surface area contributed by atoms with E-state index < -0.39 is 0 Å². The van der Waals surface area contributed by atoms with Crippen LogP contribution < -0.4 is 4.90 Å². The maximum Gasteiger partial charge on any atom is 0.116 e. The number of allylic oxidation sites excluding steroid dienone is 4. The summed E-state index contributed by atoms with van der Waals surface area (Å²) < 4.78 is 6.09. The van der Waals surface area contributed by atoms with Gasteiger partial charge in [-0.3, -0.25) is 0 Å². The third kappa shape index (κ3) is 4.19. The first kappa shape index (κ1) is 21.6. The van der Waals surface area contributed by atoms with Gasteiger partial charge >= 0.3 is 0 Å². The Balaban J connectivity index is 1.63. The van der Waals surface area contributed by atoms with Gasteiger partial charge < -0.3 is 19.8 Å². The van der Waals surface area contributed by atoms with Crippen molar-refractivity contribution in [1.82, 2.24) is 0 Å². The summed E-state index contributed by atoms with van der Waals surface area (Å²) in [5, 5.41) is 21.8. The number of aromatic hydroxyl groups is 2. The monoisotopic (exact) mass is 447 g/mol. The van der Waals surface area contributed by atoms with Crippen LogP contribution >= 0.6 is 0 Å². The minimum Gasteiger partial charge on any atom is -0.508 e. The van der Waals surface area contributed by atoms with Gasteiger partial charge in [-0.2, -0.15) is 0 Å². The fourth-order valence-electron chi connectivity index (χ4n) is 4.39.